The van der Waals surface area contributed by atoms with E-state index in [-0.39, 0.29) is 11.5 Å². The summed E-state index contributed by atoms with van der Waals surface area (Å²) in [7, 11) is 0. The van der Waals surface area contributed by atoms with Gasteiger partial charge in [-0.05, 0) is 24.3 Å². The Morgan fingerprint density at radius 2 is 2.07 bits per heavy atom. The van der Waals surface area contributed by atoms with Gasteiger partial charge in [0.05, 0.1) is 5.69 Å². The van der Waals surface area contributed by atoms with E-state index >= 15 is 0 Å². The van der Waals surface area contributed by atoms with Crippen molar-refractivity contribution in [2.45, 2.75) is 6.92 Å². The quantitative estimate of drug-likeness (QED) is 0.629. The van der Waals surface area contributed by atoms with Crippen LogP contribution >= 0.6 is 11.6 Å². The Balaban J connectivity index is 2.76. The summed E-state index contributed by atoms with van der Waals surface area (Å²) in [4.78, 5) is 10.8. The fourth-order valence-corrected chi connectivity index (χ4v) is 0.953. The summed E-state index contributed by atoms with van der Waals surface area (Å²) in [6.07, 6.45) is 0. The average molecular weight is 222 g/mol. The number of carbonyl (C=O) groups excluding carboxylic acids is 1. The second-order valence-corrected chi connectivity index (χ2v) is 3.18. The highest BCUT2D eigenvalue weighted by atomic mass is 35.5. The van der Waals surface area contributed by atoms with Gasteiger partial charge in [0.2, 0.25) is 5.71 Å². The third-order valence-electron chi connectivity index (χ3n) is 1.58. The molecule has 1 N–H and O–H groups in total. The number of hydrogen-bond acceptors (Lipinski definition) is 4. The maximum absolute atomic E-state index is 10.8. The number of halogens is 1. The molecule has 1 rings (SSSR count). The summed E-state index contributed by atoms with van der Waals surface area (Å²) >= 11 is 5.68. The predicted octanol–water partition coefficient (Wildman–Crippen LogP) is 2.22. The molecule has 0 radical (unpaired) electrons. The Labute approximate surface area is 92.2 Å². The van der Waals surface area contributed by atoms with E-state index in [9.17, 15) is 4.79 Å². The molecule has 0 aliphatic carbocycles. The van der Waals surface area contributed by atoms with Crippen LogP contribution in [0.3, 0.4) is 0 Å². The monoisotopic (exact) mass is 221 g/mol. The van der Waals surface area contributed by atoms with Crippen LogP contribution in [-0.2, 0) is 4.79 Å². The van der Waals surface area contributed by atoms with E-state index in [0.29, 0.717) is 10.7 Å². The molecule has 1 aromatic carbocycles. The molecule has 0 aromatic heterocycles. The van der Waals surface area contributed by atoms with Crippen LogP contribution in [0.2, 0.25) is 5.02 Å². The van der Waals surface area contributed by atoms with Crippen LogP contribution in [0.4, 0.5) is 5.69 Å². The second kappa shape index (κ2) is 5.13. The van der Waals surface area contributed by atoms with Crippen LogP contribution in [-0.4, -0.2) is 11.5 Å². The Morgan fingerprint density at radius 3 is 2.53 bits per heavy atom. The number of carbonyl (C=O) groups is 1. The number of Topliss-reactive ketones (excluding diaryl/α,β-unsaturated/α-hetero) is 1. The maximum Gasteiger partial charge on any atom is 0.203 e. The lowest BCUT2D eigenvalue weighted by atomic mass is 10.3. The van der Waals surface area contributed by atoms with E-state index in [1.807, 2.05) is 0 Å². The summed E-state index contributed by atoms with van der Waals surface area (Å²) in [6.45, 7) is 1.28. The SMILES string of the molecule is CC(=O)/C(C#N)=N\Nc1ccc(Cl)cc1. The molecule has 0 aliphatic rings. The largest absolute Gasteiger partial charge is 0.292 e. The van der Waals surface area contributed by atoms with Gasteiger partial charge in [0.15, 0.2) is 5.78 Å². The maximum atomic E-state index is 10.8. The highest BCUT2D eigenvalue weighted by Gasteiger charge is 2.03. The van der Waals surface area contributed by atoms with Crippen molar-refractivity contribution in [1.29, 1.82) is 5.26 Å². The minimum atomic E-state index is -0.376. The van der Waals surface area contributed by atoms with Crippen LogP contribution in [0.25, 0.3) is 0 Å². The number of hydrazone groups is 1. The highest BCUT2D eigenvalue weighted by Crippen LogP contribution is 2.13. The number of rotatable bonds is 3. The molecule has 0 heterocycles. The van der Waals surface area contributed by atoms with Crippen molar-refractivity contribution in [1.82, 2.24) is 0 Å². The van der Waals surface area contributed by atoms with Gasteiger partial charge in [-0.15, -0.1) is 0 Å². The lowest BCUT2D eigenvalue weighted by Crippen LogP contribution is -2.09. The highest BCUT2D eigenvalue weighted by molar-refractivity contribution is 6.45. The van der Waals surface area contributed by atoms with Crippen LogP contribution < -0.4 is 5.43 Å². The summed E-state index contributed by atoms with van der Waals surface area (Å²) in [5.74, 6) is -0.376. The molecule has 0 aliphatic heterocycles. The molecule has 0 amide bonds. The molecular formula is C10H8ClN3O. The van der Waals surface area contributed by atoms with E-state index in [1.165, 1.54) is 6.92 Å². The molecule has 0 spiro atoms. The third-order valence-corrected chi connectivity index (χ3v) is 1.83. The minimum Gasteiger partial charge on any atom is -0.292 e. The number of nitriles is 1. The normalized spacial score (nSPS) is 10.6. The van der Waals surface area contributed by atoms with Crippen LogP contribution in [0.5, 0.6) is 0 Å². The molecule has 0 bridgehead atoms. The Hall–Kier alpha value is -1.86. The van der Waals surface area contributed by atoms with Gasteiger partial charge in [-0.3, -0.25) is 10.2 Å². The first-order valence-electron chi connectivity index (χ1n) is 4.14. The van der Waals surface area contributed by atoms with E-state index in [1.54, 1.807) is 30.3 Å². The molecule has 0 fully saturated rings. The molecule has 4 nitrogen and oxygen atoms in total. The average Bonchev–Trinajstić information content (AvgIpc) is 2.21. The van der Waals surface area contributed by atoms with Gasteiger partial charge in [0.1, 0.15) is 6.07 Å². The third kappa shape index (κ3) is 3.41. The zero-order chi connectivity index (χ0) is 11.3. The van der Waals surface area contributed by atoms with Gasteiger partial charge in [-0.25, -0.2) is 0 Å². The standard InChI is InChI=1S/C10H8ClN3O/c1-7(15)10(6-12)14-13-9-4-2-8(11)3-5-9/h2-5,13H,1H3/b14-10-. The molecule has 0 saturated carbocycles. The number of ketones is 1. The van der Waals surface area contributed by atoms with Gasteiger partial charge in [-0.2, -0.15) is 10.4 Å². The zero-order valence-corrected chi connectivity index (χ0v) is 8.75. The Bertz CT molecular complexity index is 431. The van der Waals surface area contributed by atoms with E-state index in [2.05, 4.69) is 10.5 Å². The molecule has 1 aromatic rings. The molecule has 15 heavy (non-hydrogen) atoms. The number of nitrogens with one attached hydrogen (secondary N) is 1. The van der Waals surface area contributed by atoms with Gasteiger partial charge in [-0.1, -0.05) is 11.6 Å². The minimum absolute atomic E-state index is 0.162. The predicted molar refractivity (Wildman–Crippen MR) is 58.8 cm³/mol. The summed E-state index contributed by atoms with van der Waals surface area (Å²) < 4.78 is 0. The first kappa shape index (κ1) is 11.2. The van der Waals surface area contributed by atoms with Gasteiger partial charge in [0, 0.05) is 11.9 Å². The van der Waals surface area contributed by atoms with Crippen LogP contribution in [0.1, 0.15) is 6.92 Å². The molecule has 76 valence electrons. The van der Waals surface area contributed by atoms with Crippen molar-refractivity contribution in [3.05, 3.63) is 29.3 Å². The zero-order valence-electron chi connectivity index (χ0n) is 7.99. The van der Waals surface area contributed by atoms with Gasteiger partial charge < -0.3 is 0 Å². The van der Waals surface area contributed by atoms with Crippen LogP contribution in [0, 0.1) is 11.3 Å². The molecular weight excluding hydrogens is 214 g/mol. The topological polar surface area (TPSA) is 65.2 Å². The molecule has 0 saturated heterocycles. The van der Waals surface area contributed by atoms with Crippen molar-refractivity contribution in [2.75, 3.05) is 5.43 Å². The number of anilines is 1. The summed E-state index contributed by atoms with van der Waals surface area (Å²) in [5.41, 5.74) is 3.09. The second-order valence-electron chi connectivity index (χ2n) is 2.75. The van der Waals surface area contributed by atoms with Crippen molar-refractivity contribution in [3.8, 4) is 6.07 Å². The summed E-state index contributed by atoms with van der Waals surface area (Å²) in [6, 6.07) is 8.45. The van der Waals surface area contributed by atoms with E-state index in [4.69, 9.17) is 16.9 Å². The summed E-state index contributed by atoms with van der Waals surface area (Å²) in [5, 5.41) is 12.8. The lowest BCUT2D eigenvalue weighted by molar-refractivity contribution is -0.110. The van der Waals surface area contributed by atoms with Crippen LogP contribution in [0.15, 0.2) is 29.4 Å². The van der Waals surface area contributed by atoms with Crippen molar-refractivity contribution >= 4 is 28.8 Å². The van der Waals surface area contributed by atoms with E-state index in [0.717, 1.165) is 0 Å². The van der Waals surface area contributed by atoms with E-state index < -0.39 is 0 Å². The first-order chi connectivity index (χ1) is 7.13. The number of nitrogens with zero attached hydrogens (tertiary/aromatic N) is 2. The van der Waals surface area contributed by atoms with Crippen molar-refractivity contribution < 1.29 is 4.79 Å². The van der Waals surface area contributed by atoms with Crippen molar-refractivity contribution in [3.63, 3.8) is 0 Å². The lowest BCUT2D eigenvalue weighted by Gasteiger charge is -1.99. The van der Waals surface area contributed by atoms with Gasteiger partial charge in [0.25, 0.3) is 0 Å². The number of hydrogen-bond donors (Lipinski definition) is 1. The Kier molecular flexibility index (Phi) is 3.83. The fourth-order valence-electron chi connectivity index (χ4n) is 0.827. The molecule has 0 unspecified atom stereocenters. The molecule has 5 heteroatoms. The fraction of sp³-hybridized carbons (Fsp3) is 0.100. The van der Waals surface area contributed by atoms with Crippen molar-refractivity contribution in [2.24, 2.45) is 5.10 Å². The first-order valence-corrected chi connectivity index (χ1v) is 4.51. The molecule has 0 atom stereocenters. The van der Waals surface area contributed by atoms with Gasteiger partial charge >= 0.3 is 0 Å². The Morgan fingerprint density at radius 1 is 1.47 bits per heavy atom. The smallest absolute Gasteiger partial charge is 0.203 e. The number of benzene rings is 1.